The Hall–Kier alpha value is -0.620. The molecule has 2 heterocycles. The van der Waals surface area contributed by atoms with Crippen molar-refractivity contribution in [3.8, 4) is 0 Å². The standard InChI is InChI=1S/C13H19ClN2O2S/c1-15-5-7-16(8-6-15)9-10(13(17)18-2)11-3-4-12(14)19-11/h3-4,10H,5-9H2,1-2H3. The number of nitrogens with zero attached hydrogens (tertiary/aromatic N) is 2. The van der Waals surface area contributed by atoms with Gasteiger partial charge in [0.05, 0.1) is 11.4 Å². The second-order valence-electron chi connectivity index (χ2n) is 4.82. The molecule has 1 unspecified atom stereocenters. The number of piperazine rings is 1. The van der Waals surface area contributed by atoms with E-state index in [2.05, 4.69) is 16.8 Å². The topological polar surface area (TPSA) is 32.8 Å². The number of thiophene rings is 1. The normalized spacial score (nSPS) is 19.3. The van der Waals surface area contributed by atoms with Crippen LogP contribution in [0.25, 0.3) is 0 Å². The first-order valence-electron chi connectivity index (χ1n) is 6.34. The molecule has 1 aromatic rings. The van der Waals surface area contributed by atoms with Crippen molar-refractivity contribution in [2.75, 3.05) is 46.9 Å². The van der Waals surface area contributed by atoms with Crippen LogP contribution in [0, 0.1) is 0 Å². The number of rotatable bonds is 4. The monoisotopic (exact) mass is 302 g/mol. The van der Waals surface area contributed by atoms with E-state index < -0.39 is 0 Å². The fourth-order valence-corrected chi connectivity index (χ4v) is 3.37. The van der Waals surface area contributed by atoms with Crippen LogP contribution in [-0.4, -0.2) is 62.7 Å². The molecule has 0 bridgehead atoms. The maximum absolute atomic E-state index is 12.0. The fraction of sp³-hybridized carbons (Fsp3) is 0.615. The number of hydrogen-bond donors (Lipinski definition) is 0. The van der Waals surface area contributed by atoms with Gasteiger partial charge in [-0.2, -0.15) is 0 Å². The first kappa shape index (κ1) is 14.8. The van der Waals surface area contributed by atoms with E-state index in [-0.39, 0.29) is 11.9 Å². The van der Waals surface area contributed by atoms with Gasteiger partial charge in [0.2, 0.25) is 0 Å². The van der Waals surface area contributed by atoms with Gasteiger partial charge in [0.15, 0.2) is 0 Å². The van der Waals surface area contributed by atoms with E-state index in [4.69, 9.17) is 16.3 Å². The third-order valence-corrected chi connectivity index (χ3v) is 4.80. The van der Waals surface area contributed by atoms with Crippen molar-refractivity contribution in [3.05, 3.63) is 21.3 Å². The van der Waals surface area contributed by atoms with Crippen LogP contribution < -0.4 is 0 Å². The Bertz CT molecular complexity index is 430. The molecule has 19 heavy (non-hydrogen) atoms. The predicted octanol–water partition coefficient (Wildman–Crippen LogP) is 1.91. The molecule has 0 spiro atoms. The summed E-state index contributed by atoms with van der Waals surface area (Å²) in [6.45, 7) is 4.77. The Balaban J connectivity index is 2.04. The average Bonchev–Trinajstić information content (AvgIpc) is 2.83. The average molecular weight is 303 g/mol. The summed E-state index contributed by atoms with van der Waals surface area (Å²) >= 11 is 7.42. The largest absolute Gasteiger partial charge is 0.468 e. The Morgan fingerprint density at radius 1 is 1.42 bits per heavy atom. The Kier molecular flexibility index (Phi) is 5.21. The van der Waals surface area contributed by atoms with Gasteiger partial charge in [-0.3, -0.25) is 9.69 Å². The molecule has 6 heteroatoms. The molecule has 106 valence electrons. The lowest BCUT2D eigenvalue weighted by molar-refractivity contribution is -0.143. The predicted molar refractivity (Wildman–Crippen MR) is 78.0 cm³/mol. The molecule has 0 N–H and O–H groups in total. The molecule has 2 rings (SSSR count). The maximum Gasteiger partial charge on any atom is 0.315 e. The number of carbonyl (C=O) groups is 1. The molecular weight excluding hydrogens is 284 g/mol. The number of carbonyl (C=O) groups excluding carboxylic acids is 1. The van der Waals surface area contributed by atoms with E-state index >= 15 is 0 Å². The maximum atomic E-state index is 12.0. The Morgan fingerprint density at radius 3 is 2.63 bits per heavy atom. The van der Waals surface area contributed by atoms with E-state index in [0.29, 0.717) is 10.9 Å². The lowest BCUT2D eigenvalue weighted by Crippen LogP contribution is -2.46. The van der Waals surface area contributed by atoms with Crippen LogP contribution >= 0.6 is 22.9 Å². The van der Waals surface area contributed by atoms with Crippen molar-refractivity contribution < 1.29 is 9.53 Å². The second kappa shape index (κ2) is 6.70. The summed E-state index contributed by atoms with van der Waals surface area (Å²) in [6, 6.07) is 3.76. The van der Waals surface area contributed by atoms with Crippen LogP contribution in [-0.2, 0) is 9.53 Å². The highest BCUT2D eigenvalue weighted by molar-refractivity contribution is 7.16. The van der Waals surface area contributed by atoms with Crippen molar-refractivity contribution >= 4 is 28.9 Å². The molecule has 1 saturated heterocycles. The summed E-state index contributed by atoms with van der Waals surface area (Å²) in [4.78, 5) is 17.6. The number of ether oxygens (including phenoxy) is 1. The Labute approximate surface area is 122 Å². The fourth-order valence-electron chi connectivity index (χ4n) is 2.23. The van der Waals surface area contributed by atoms with E-state index in [9.17, 15) is 4.79 Å². The van der Waals surface area contributed by atoms with E-state index in [0.717, 1.165) is 31.1 Å². The van der Waals surface area contributed by atoms with Crippen molar-refractivity contribution in [2.45, 2.75) is 5.92 Å². The first-order valence-corrected chi connectivity index (χ1v) is 7.53. The van der Waals surface area contributed by atoms with Gasteiger partial charge in [-0.15, -0.1) is 11.3 Å². The molecule has 0 amide bonds. The van der Waals surface area contributed by atoms with Gasteiger partial charge in [-0.25, -0.2) is 0 Å². The van der Waals surface area contributed by atoms with Gasteiger partial charge < -0.3 is 9.64 Å². The minimum atomic E-state index is -0.231. The molecule has 0 aliphatic carbocycles. The molecule has 0 saturated carbocycles. The zero-order valence-corrected chi connectivity index (χ0v) is 12.8. The number of likely N-dealkylation sites (N-methyl/N-ethyl adjacent to an activating group) is 1. The third kappa shape index (κ3) is 3.92. The first-order chi connectivity index (χ1) is 9.10. The molecule has 1 aromatic heterocycles. The van der Waals surface area contributed by atoms with Gasteiger partial charge in [0, 0.05) is 37.6 Å². The molecule has 1 aliphatic heterocycles. The zero-order chi connectivity index (χ0) is 13.8. The van der Waals surface area contributed by atoms with Gasteiger partial charge in [-0.1, -0.05) is 11.6 Å². The lowest BCUT2D eigenvalue weighted by Gasteiger charge is -2.33. The number of hydrogen-bond acceptors (Lipinski definition) is 5. The molecule has 1 atom stereocenters. The quantitative estimate of drug-likeness (QED) is 0.796. The van der Waals surface area contributed by atoms with Crippen molar-refractivity contribution in [1.82, 2.24) is 9.80 Å². The van der Waals surface area contributed by atoms with E-state index in [1.165, 1.54) is 18.4 Å². The molecule has 4 nitrogen and oxygen atoms in total. The van der Waals surface area contributed by atoms with Crippen LogP contribution in [0.15, 0.2) is 12.1 Å². The third-order valence-electron chi connectivity index (χ3n) is 3.46. The smallest absolute Gasteiger partial charge is 0.315 e. The molecule has 1 aliphatic rings. The lowest BCUT2D eigenvalue weighted by atomic mass is 10.1. The summed E-state index contributed by atoms with van der Waals surface area (Å²) in [5.41, 5.74) is 0. The minimum absolute atomic E-state index is 0.183. The van der Waals surface area contributed by atoms with Gasteiger partial charge in [0.1, 0.15) is 5.92 Å². The highest BCUT2D eigenvalue weighted by atomic mass is 35.5. The van der Waals surface area contributed by atoms with Crippen molar-refractivity contribution in [3.63, 3.8) is 0 Å². The second-order valence-corrected chi connectivity index (χ2v) is 6.57. The van der Waals surface area contributed by atoms with Crippen LogP contribution in [0.3, 0.4) is 0 Å². The summed E-state index contributed by atoms with van der Waals surface area (Å²) in [6.07, 6.45) is 0. The van der Waals surface area contributed by atoms with Crippen LogP contribution in [0.5, 0.6) is 0 Å². The van der Waals surface area contributed by atoms with E-state index in [1.54, 1.807) is 0 Å². The minimum Gasteiger partial charge on any atom is -0.468 e. The van der Waals surface area contributed by atoms with E-state index in [1.807, 2.05) is 12.1 Å². The Morgan fingerprint density at radius 2 is 2.11 bits per heavy atom. The van der Waals surface area contributed by atoms with Gasteiger partial charge in [-0.05, 0) is 19.2 Å². The highest BCUT2D eigenvalue weighted by Crippen LogP contribution is 2.29. The summed E-state index contributed by atoms with van der Waals surface area (Å²) < 4.78 is 5.64. The summed E-state index contributed by atoms with van der Waals surface area (Å²) in [5.74, 6) is -0.414. The van der Waals surface area contributed by atoms with Crippen LogP contribution in [0.1, 0.15) is 10.8 Å². The van der Waals surface area contributed by atoms with Gasteiger partial charge >= 0.3 is 5.97 Å². The molecule has 1 fully saturated rings. The number of methoxy groups -OCH3 is 1. The van der Waals surface area contributed by atoms with Crippen LogP contribution in [0.2, 0.25) is 4.34 Å². The highest BCUT2D eigenvalue weighted by Gasteiger charge is 2.27. The van der Waals surface area contributed by atoms with Crippen LogP contribution in [0.4, 0.5) is 0 Å². The SMILES string of the molecule is COC(=O)C(CN1CCN(C)CC1)c1ccc(Cl)s1. The van der Waals surface area contributed by atoms with Crippen molar-refractivity contribution in [2.24, 2.45) is 0 Å². The number of esters is 1. The summed E-state index contributed by atoms with van der Waals surface area (Å²) in [5, 5.41) is 0. The molecule has 0 aromatic carbocycles. The number of halogens is 1. The molecular formula is C13H19ClN2O2S. The van der Waals surface area contributed by atoms with Gasteiger partial charge in [0.25, 0.3) is 0 Å². The summed E-state index contributed by atoms with van der Waals surface area (Å²) in [7, 11) is 3.56. The molecule has 0 radical (unpaired) electrons. The van der Waals surface area contributed by atoms with Crippen molar-refractivity contribution in [1.29, 1.82) is 0 Å². The zero-order valence-electron chi connectivity index (χ0n) is 11.3.